The molecule has 2 aliphatic rings. The Morgan fingerprint density at radius 1 is 0.900 bits per heavy atom. The molecule has 3 aromatic carbocycles. The zero-order valence-electron chi connectivity index (χ0n) is 21.9. The molecule has 8 nitrogen and oxygen atoms in total. The quantitative estimate of drug-likeness (QED) is 0.376. The second-order valence-electron chi connectivity index (χ2n) is 10.2. The van der Waals surface area contributed by atoms with Crippen LogP contribution in [0, 0.1) is 0 Å². The summed E-state index contributed by atoms with van der Waals surface area (Å²) in [6.45, 7) is 4.13. The van der Waals surface area contributed by atoms with Gasteiger partial charge in [-0.25, -0.2) is 5.01 Å². The van der Waals surface area contributed by atoms with Crippen LogP contribution >= 0.6 is 11.6 Å². The minimum atomic E-state index is -0.497. The summed E-state index contributed by atoms with van der Waals surface area (Å²) in [6, 6.07) is 20.7. The van der Waals surface area contributed by atoms with Gasteiger partial charge in [-0.05, 0) is 40.5 Å². The van der Waals surface area contributed by atoms with E-state index in [1.165, 1.54) is 6.20 Å². The third-order valence-electron chi connectivity index (χ3n) is 7.40. The van der Waals surface area contributed by atoms with Gasteiger partial charge in [-0.3, -0.25) is 24.0 Å². The Bertz CT molecular complexity index is 1630. The van der Waals surface area contributed by atoms with Gasteiger partial charge >= 0.3 is 0 Å². The number of pyridine rings is 1. The minimum Gasteiger partial charge on any atom is -0.379 e. The van der Waals surface area contributed by atoms with Crippen molar-refractivity contribution in [2.24, 2.45) is 0 Å². The molecule has 3 heterocycles. The molecule has 0 atom stereocenters. The van der Waals surface area contributed by atoms with E-state index in [-0.39, 0.29) is 29.9 Å². The van der Waals surface area contributed by atoms with E-state index >= 15 is 0 Å². The third-order valence-corrected chi connectivity index (χ3v) is 7.66. The van der Waals surface area contributed by atoms with Crippen molar-refractivity contribution in [3.05, 3.63) is 116 Å². The Labute approximate surface area is 236 Å². The Hall–Kier alpha value is -3.98. The van der Waals surface area contributed by atoms with Crippen molar-refractivity contribution < 1.29 is 14.3 Å². The largest absolute Gasteiger partial charge is 0.379 e. The molecule has 4 aromatic rings. The number of rotatable bonds is 7. The highest BCUT2D eigenvalue weighted by molar-refractivity contribution is 6.30. The van der Waals surface area contributed by atoms with Gasteiger partial charge in [-0.15, -0.1) is 0 Å². The Morgan fingerprint density at radius 3 is 2.40 bits per heavy atom. The molecule has 0 bridgehead atoms. The fraction of sp³-hybridized carbons (Fsp3) is 0.258. The predicted octanol–water partition coefficient (Wildman–Crippen LogP) is 3.64. The Balaban J connectivity index is 1.42. The number of morpholine rings is 1. The lowest BCUT2D eigenvalue weighted by Gasteiger charge is -2.33. The van der Waals surface area contributed by atoms with Crippen LogP contribution in [0.2, 0.25) is 5.02 Å². The van der Waals surface area contributed by atoms with Crippen LogP contribution in [-0.2, 0) is 35.6 Å². The average molecular weight is 557 g/mol. The van der Waals surface area contributed by atoms with Gasteiger partial charge in [0.2, 0.25) is 11.3 Å². The first-order valence-corrected chi connectivity index (χ1v) is 13.7. The zero-order chi connectivity index (χ0) is 27.6. The van der Waals surface area contributed by atoms with Crippen molar-refractivity contribution in [3.63, 3.8) is 0 Å². The first kappa shape index (κ1) is 26.3. The van der Waals surface area contributed by atoms with E-state index in [0.29, 0.717) is 42.2 Å². The van der Waals surface area contributed by atoms with E-state index in [9.17, 15) is 14.4 Å². The van der Waals surface area contributed by atoms with E-state index in [2.05, 4.69) is 10.2 Å². The van der Waals surface area contributed by atoms with Crippen LogP contribution in [0.3, 0.4) is 0 Å². The van der Waals surface area contributed by atoms with Crippen LogP contribution in [-0.4, -0.2) is 47.7 Å². The molecule has 1 N–H and O–H groups in total. The molecule has 2 amide bonds. The summed E-state index contributed by atoms with van der Waals surface area (Å²) < 4.78 is 7.17. The number of nitrogens with one attached hydrogen (secondary N) is 1. The SMILES string of the molecule is O=C(NCc1ccc(Cl)cc1)c1cn2c3c(cc(CN4CCOCC4)cc3c1=O)CC(=O)N2Cc1ccccc1. The summed E-state index contributed by atoms with van der Waals surface area (Å²) >= 11 is 5.98. The van der Waals surface area contributed by atoms with Gasteiger partial charge in [0.15, 0.2) is 0 Å². The summed E-state index contributed by atoms with van der Waals surface area (Å²) in [7, 11) is 0. The van der Waals surface area contributed by atoms with Crippen LogP contribution in [0.4, 0.5) is 0 Å². The Morgan fingerprint density at radius 2 is 1.65 bits per heavy atom. The van der Waals surface area contributed by atoms with Crippen molar-refractivity contribution >= 4 is 34.3 Å². The maximum atomic E-state index is 13.8. The van der Waals surface area contributed by atoms with Crippen LogP contribution in [0.1, 0.15) is 32.6 Å². The van der Waals surface area contributed by atoms with E-state index in [1.807, 2.05) is 54.6 Å². The van der Waals surface area contributed by atoms with Crippen molar-refractivity contribution in [2.45, 2.75) is 26.1 Å². The first-order valence-electron chi connectivity index (χ1n) is 13.3. The van der Waals surface area contributed by atoms with Crippen LogP contribution in [0.25, 0.3) is 10.9 Å². The molecule has 9 heteroatoms. The van der Waals surface area contributed by atoms with Crippen molar-refractivity contribution in [3.8, 4) is 0 Å². The molecular formula is C31H29ClN4O4. The highest BCUT2D eigenvalue weighted by Gasteiger charge is 2.29. The monoisotopic (exact) mass is 556 g/mol. The number of nitrogens with zero attached hydrogens (tertiary/aromatic N) is 3. The van der Waals surface area contributed by atoms with Gasteiger partial charge in [0.1, 0.15) is 5.56 Å². The number of hydrogen-bond donors (Lipinski definition) is 1. The smallest absolute Gasteiger partial charge is 0.257 e. The molecule has 0 saturated carbocycles. The number of carbonyl (C=O) groups is 2. The second-order valence-corrected chi connectivity index (χ2v) is 10.6. The van der Waals surface area contributed by atoms with Gasteiger partial charge in [0.05, 0.1) is 31.7 Å². The number of amides is 2. The second kappa shape index (κ2) is 11.3. The van der Waals surface area contributed by atoms with Crippen LogP contribution in [0.15, 0.2) is 77.7 Å². The van der Waals surface area contributed by atoms with Gasteiger partial charge < -0.3 is 10.1 Å². The summed E-state index contributed by atoms with van der Waals surface area (Å²) in [5, 5.41) is 5.51. The Kier molecular flexibility index (Phi) is 7.38. The normalized spacial score (nSPS) is 15.4. The molecule has 1 fully saturated rings. The van der Waals surface area contributed by atoms with Crippen molar-refractivity contribution in [2.75, 3.05) is 31.3 Å². The summed E-state index contributed by atoms with van der Waals surface area (Å²) in [5.74, 6) is -0.597. The summed E-state index contributed by atoms with van der Waals surface area (Å²) in [5.41, 5.74) is 3.85. The molecule has 0 radical (unpaired) electrons. The molecule has 6 rings (SSSR count). The lowest BCUT2D eigenvalue weighted by Crippen LogP contribution is -2.45. The maximum absolute atomic E-state index is 13.8. The minimum absolute atomic E-state index is 0.0105. The van der Waals surface area contributed by atoms with Gasteiger partial charge in [-0.1, -0.05) is 60.1 Å². The highest BCUT2D eigenvalue weighted by atomic mass is 35.5. The third kappa shape index (κ3) is 5.38. The molecule has 40 heavy (non-hydrogen) atoms. The number of benzene rings is 3. The van der Waals surface area contributed by atoms with E-state index in [0.717, 1.165) is 35.3 Å². The lowest BCUT2D eigenvalue weighted by molar-refractivity contribution is -0.119. The molecule has 204 valence electrons. The number of ether oxygens (including phenoxy) is 1. The molecule has 1 aromatic heterocycles. The topological polar surface area (TPSA) is 83.9 Å². The first-order chi connectivity index (χ1) is 19.5. The van der Waals surface area contributed by atoms with E-state index in [1.54, 1.807) is 21.8 Å². The summed E-state index contributed by atoms with van der Waals surface area (Å²) in [4.78, 5) is 43.0. The molecular weight excluding hydrogens is 528 g/mol. The number of carbonyl (C=O) groups excluding carboxylic acids is 2. The molecule has 0 unspecified atom stereocenters. The predicted molar refractivity (Wildman–Crippen MR) is 154 cm³/mol. The fourth-order valence-electron chi connectivity index (χ4n) is 5.37. The average Bonchev–Trinajstić information content (AvgIpc) is 2.97. The van der Waals surface area contributed by atoms with Gasteiger partial charge in [0, 0.05) is 42.8 Å². The van der Waals surface area contributed by atoms with Crippen molar-refractivity contribution in [1.82, 2.24) is 14.9 Å². The zero-order valence-corrected chi connectivity index (χ0v) is 22.7. The van der Waals surface area contributed by atoms with E-state index in [4.69, 9.17) is 16.3 Å². The molecule has 0 aliphatic carbocycles. The van der Waals surface area contributed by atoms with Crippen molar-refractivity contribution in [1.29, 1.82) is 0 Å². The number of halogens is 1. The van der Waals surface area contributed by atoms with Gasteiger partial charge in [-0.2, -0.15) is 0 Å². The molecule has 2 aliphatic heterocycles. The van der Waals surface area contributed by atoms with Gasteiger partial charge in [0.25, 0.3) is 5.91 Å². The molecule has 1 saturated heterocycles. The fourth-order valence-corrected chi connectivity index (χ4v) is 5.49. The maximum Gasteiger partial charge on any atom is 0.257 e. The van der Waals surface area contributed by atoms with Crippen LogP contribution in [0.5, 0.6) is 0 Å². The number of hydrogen-bond acceptors (Lipinski definition) is 5. The summed E-state index contributed by atoms with van der Waals surface area (Å²) in [6.07, 6.45) is 1.69. The standard InChI is InChI=1S/C31H29ClN4O4/c32-25-8-6-21(7-9-25)17-33-31(39)27-20-36-29-24(16-28(37)35(36)19-22-4-2-1-3-5-22)14-23(15-26(29)30(27)38)18-34-10-12-40-13-11-34/h1-9,14-15,20H,10-13,16-19H2,(H,33,39). The molecule has 0 spiro atoms. The highest BCUT2D eigenvalue weighted by Crippen LogP contribution is 2.27. The van der Waals surface area contributed by atoms with Crippen LogP contribution < -0.4 is 15.8 Å². The van der Waals surface area contributed by atoms with E-state index < -0.39 is 5.91 Å². The lowest BCUT2D eigenvalue weighted by atomic mass is 9.98. The number of aromatic nitrogens is 1.